The fraction of sp³-hybridized carbons (Fsp3) is 0.556. The molecule has 0 aliphatic carbocycles. The zero-order chi connectivity index (χ0) is 16.8. The molecular formula is C18H27N3O2. The van der Waals surface area contributed by atoms with Crippen molar-refractivity contribution >= 4 is 17.5 Å². The van der Waals surface area contributed by atoms with Crippen LogP contribution in [0.5, 0.6) is 0 Å². The third-order valence-electron chi connectivity index (χ3n) is 4.46. The summed E-state index contributed by atoms with van der Waals surface area (Å²) in [4.78, 5) is 29.1. The number of anilines is 1. The van der Waals surface area contributed by atoms with Crippen molar-refractivity contribution in [2.45, 2.75) is 26.7 Å². The van der Waals surface area contributed by atoms with E-state index in [2.05, 4.69) is 10.2 Å². The quantitative estimate of drug-likeness (QED) is 0.907. The topological polar surface area (TPSA) is 52.7 Å². The Morgan fingerprint density at radius 3 is 2.61 bits per heavy atom. The molecule has 5 nitrogen and oxygen atoms in total. The van der Waals surface area contributed by atoms with Gasteiger partial charge < -0.3 is 15.1 Å². The Balaban J connectivity index is 2.14. The second-order valence-corrected chi connectivity index (χ2v) is 6.11. The molecule has 2 rings (SSSR count). The number of hydrogen-bond donors (Lipinski definition) is 1. The molecule has 1 unspecified atom stereocenters. The summed E-state index contributed by atoms with van der Waals surface area (Å²) in [5, 5.41) is 2.97. The van der Waals surface area contributed by atoms with Crippen LogP contribution in [0.3, 0.4) is 0 Å². The van der Waals surface area contributed by atoms with Crippen molar-refractivity contribution in [2.75, 3.05) is 38.5 Å². The number of benzene rings is 1. The molecule has 1 atom stereocenters. The summed E-state index contributed by atoms with van der Waals surface area (Å²) in [6, 6.07) is 7.27. The van der Waals surface area contributed by atoms with Crippen LogP contribution < -0.4 is 5.32 Å². The first-order valence-corrected chi connectivity index (χ1v) is 8.44. The van der Waals surface area contributed by atoms with Gasteiger partial charge in [-0.3, -0.25) is 9.59 Å². The zero-order valence-corrected chi connectivity index (χ0v) is 14.3. The number of likely N-dealkylation sites (tertiary alicyclic amines) is 1. The second-order valence-electron chi connectivity index (χ2n) is 6.11. The van der Waals surface area contributed by atoms with Crippen LogP contribution in [-0.4, -0.2) is 54.8 Å². The minimum atomic E-state index is -0.0355. The van der Waals surface area contributed by atoms with E-state index in [9.17, 15) is 9.59 Å². The standard InChI is InChI=1S/C18H27N3O2/c1-4-21(5-2)18(23)15-10-6-7-11-16(15)19-17(22)14-9-8-12-20(3)13-14/h6-7,10-11,14H,4-5,8-9,12-13H2,1-3H3,(H,19,22). The molecule has 1 N–H and O–H groups in total. The van der Waals surface area contributed by atoms with Gasteiger partial charge in [0.15, 0.2) is 0 Å². The third-order valence-corrected chi connectivity index (χ3v) is 4.46. The lowest BCUT2D eigenvalue weighted by molar-refractivity contribution is -0.121. The van der Waals surface area contributed by atoms with Gasteiger partial charge in [0.05, 0.1) is 17.2 Å². The molecule has 0 saturated carbocycles. The van der Waals surface area contributed by atoms with E-state index in [4.69, 9.17) is 0 Å². The molecule has 1 saturated heterocycles. The van der Waals surface area contributed by atoms with Crippen LogP contribution in [0.4, 0.5) is 5.69 Å². The van der Waals surface area contributed by atoms with Crippen molar-refractivity contribution in [3.8, 4) is 0 Å². The van der Waals surface area contributed by atoms with Crippen LogP contribution in [0.1, 0.15) is 37.0 Å². The van der Waals surface area contributed by atoms with Crippen LogP contribution in [0, 0.1) is 5.92 Å². The molecule has 126 valence electrons. The van der Waals surface area contributed by atoms with Gasteiger partial charge in [-0.15, -0.1) is 0 Å². The molecule has 1 aliphatic heterocycles. The first-order valence-electron chi connectivity index (χ1n) is 8.44. The van der Waals surface area contributed by atoms with Crippen molar-refractivity contribution < 1.29 is 9.59 Å². The Morgan fingerprint density at radius 1 is 1.26 bits per heavy atom. The minimum Gasteiger partial charge on any atom is -0.339 e. The smallest absolute Gasteiger partial charge is 0.255 e. The number of rotatable bonds is 5. The average Bonchev–Trinajstić information content (AvgIpc) is 2.56. The van der Waals surface area contributed by atoms with E-state index in [0.717, 1.165) is 25.9 Å². The maximum Gasteiger partial charge on any atom is 0.255 e. The largest absolute Gasteiger partial charge is 0.339 e. The van der Waals surface area contributed by atoms with E-state index in [0.29, 0.717) is 24.3 Å². The molecule has 0 aromatic heterocycles. The number of amides is 2. The highest BCUT2D eigenvalue weighted by Gasteiger charge is 2.25. The number of carbonyl (C=O) groups excluding carboxylic acids is 2. The Hall–Kier alpha value is -1.88. The summed E-state index contributed by atoms with van der Waals surface area (Å²) >= 11 is 0. The van der Waals surface area contributed by atoms with E-state index in [1.807, 2.05) is 33.0 Å². The molecule has 1 aromatic carbocycles. The van der Waals surface area contributed by atoms with Crippen LogP contribution >= 0.6 is 0 Å². The van der Waals surface area contributed by atoms with Gasteiger partial charge in [0.2, 0.25) is 5.91 Å². The summed E-state index contributed by atoms with van der Waals surface area (Å²) < 4.78 is 0. The van der Waals surface area contributed by atoms with Gasteiger partial charge in [-0.25, -0.2) is 0 Å². The van der Waals surface area contributed by atoms with Crippen molar-refractivity contribution in [2.24, 2.45) is 5.92 Å². The predicted octanol–water partition coefficient (Wildman–Crippen LogP) is 2.45. The van der Waals surface area contributed by atoms with Crippen LogP contribution in [-0.2, 0) is 4.79 Å². The third kappa shape index (κ3) is 4.32. The Kier molecular flexibility index (Phi) is 6.16. The fourth-order valence-electron chi connectivity index (χ4n) is 3.07. The lowest BCUT2D eigenvalue weighted by Crippen LogP contribution is -2.39. The van der Waals surface area contributed by atoms with Gasteiger partial charge in [0.25, 0.3) is 5.91 Å². The minimum absolute atomic E-state index is 0.00892. The van der Waals surface area contributed by atoms with Gasteiger partial charge in [-0.1, -0.05) is 12.1 Å². The highest BCUT2D eigenvalue weighted by Crippen LogP contribution is 2.21. The summed E-state index contributed by atoms with van der Waals surface area (Å²) in [6.07, 6.45) is 1.94. The first kappa shape index (κ1) is 17.5. The van der Waals surface area contributed by atoms with E-state index < -0.39 is 0 Å². The summed E-state index contributed by atoms with van der Waals surface area (Å²) in [7, 11) is 2.04. The number of carbonyl (C=O) groups is 2. The molecule has 1 fully saturated rings. The van der Waals surface area contributed by atoms with Crippen LogP contribution in [0.25, 0.3) is 0 Å². The van der Waals surface area contributed by atoms with E-state index in [-0.39, 0.29) is 17.7 Å². The SMILES string of the molecule is CCN(CC)C(=O)c1ccccc1NC(=O)C1CCCN(C)C1. The molecule has 0 spiro atoms. The van der Waals surface area contributed by atoms with Crippen LogP contribution in [0.2, 0.25) is 0 Å². The van der Waals surface area contributed by atoms with Crippen molar-refractivity contribution in [1.29, 1.82) is 0 Å². The van der Waals surface area contributed by atoms with Crippen LogP contribution in [0.15, 0.2) is 24.3 Å². The fourth-order valence-corrected chi connectivity index (χ4v) is 3.07. The molecule has 2 amide bonds. The average molecular weight is 317 g/mol. The first-order chi connectivity index (χ1) is 11.1. The maximum absolute atomic E-state index is 12.6. The van der Waals surface area contributed by atoms with Crippen molar-refractivity contribution in [3.63, 3.8) is 0 Å². The summed E-state index contributed by atoms with van der Waals surface area (Å²) in [5.74, 6) is -0.0339. The second kappa shape index (κ2) is 8.11. The summed E-state index contributed by atoms with van der Waals surface area (Å²) in [6.45, 7) is 7.05. The lowest BCUT2D eigenvalue weighted by atomic mass is 9.97. The molecule has 0 radical (unpaired) electrons. The lowest BCUT2D eigenvalue weighted by Gasteiger charge is -2.29. The number of nitrogens with zero attached hydrogens (tertiary/aromatic N) is 2. The molecule has 1 heterocycles. The van der Waals surface area contributed by atoms with Crippen molar-refractivity contribution in [1.82, 2.24) is 9.80 Å². The Bertz CT molecular complexity index is 555. The normalized spacial score (nSPS) is 18.5. The van der Waals surface area contributed by atoms with Gasteiger partial charge in [-0.05, 0) is 52.4 Å². The Labute approximate surface area is 138 Å². The van der Waals surface area contributed by atoms with Gasteiger partial charge in [0.1, 0.15) is 0 Å². The highest BCUT2D eigenvalue weighted by atomic mass is 16.2. The summed E-state index contributed by atoms with van der Waals surface area (Å²) in [5.41, 5.74) is 1.18. The number of hydrogen-bond acceptors (Lipinski definition) is 3. The number of para-hydroxylation sites is 1. The zero-order valence-electron chi connectivity index (χ0n) is 14.3. The number of nitrogens with one attached hydrogen (secondary N) is 1. The molecule has 1 aromatic rings. The van der Waals surface area contributed by atoms with Gasteiger partial charge in [0, 0.05) is 19.6 Å². The molecule has 23 heavy (non-hydrogen) atoms. The van der Waals surface area contributed by atoms with E-state index in [1.165, 1.54) is 0 Å². The highest BCUT2D eigenvalue weighted by molar-refractivity contribution is 6.04. The Morgan fingerprint density at radius 2 is 1.96 bits per heavy atom. The monoisotopic (exact) mass is 317 g/mol. The molecule has 5 heteroatoms. The molecule has 0 bridgehead atoms. The number of piperidine rings is 1. The van der Waals surface area contributed by atoms with Crippen molar-refractivity contribution in [3.05, 3.63) is 29.8 Å². The maximum atomic E-state index is 12.6. The molecule has 1 aliphatic rings. The van der Waals surface area contributed by atoms with Gasteiger partial charge in [-0.2, -0.15) is 0 Å². The van der Waals surface area contributed by atoms with E-state index in [1.54, 1.807) is 17.0 Å². The van der Waals surface area contributed by atoms with E-state index >= 15 is 0 Å². The molecular weight excluding hydrogens is 290 g/mol. The van der Waals surface area contributed by atoms with Gasteiger partial charge >= 0.3 is 0 Å². The predicted molar refractivity (Wildman–Crippen MR) is 92.5 cm³/mol.